The minimum atomic E-state index is 0.736. The molecular formula is C12H15N3O. The van der Waals surface area contributed by atoms with E-state index in [1.165, 1.54) is 0 Å². The molecule has 0 fully saturated rings. The molecule has 0 saturated heterocycles. The minimum Gasteiger partial charge on any atom is -0.497 e. The van der Waals surface area contributed by atoms with Crippen molar-refractivity contribution in [3.8, 4) is 5.75 Å². The highest BCUT2D eigenvalue weighted by atomic mass is 16.5. The Bertz CT molecular complexity index is 511. The third-order valence-electron chi connectivity index (χ3n) is 2.62. The van der Waals surface area contributed by atoms with Gasteiger partial charge in [0.05, 0.1) is 12.6 Å². The van der Waals surface area contributed by atoms with Gasteiger partial charge in [0.1, 0.15) is 11.6 Å². The first-order valence-corrected chi connectivity index (χ1v) is 5.22. The number of hydrazine groups is 1. The smallest absolute Gasteiger partial charge is 0.143 e. The second-order valence-electron chi connectivity index (χ2n) is 3.55. The highest BCUT2D eigenvalue weighted by Gasteiger charge is 2.05. The van der Waals surface area contributed by atoms with Gasteiger partial charge in [0.25, 0.3) is 0 Å². The first-order valence-electron chi connectivity index (χ1n) is 5.22. The van der Waals surface area contributed by atoms with Crippen LogP contribution in [0.15, 0.2) is 24.3 Å². The largest absolute Gasteiger partial charge is 0.497 e. The fourth-order valence-corrected chi connectivity index (χ4v) is 1.72. The third-order valence-corrected chi connectivity index (χ3v) is 2.62. The van der Waals surface area contributed by atoms with Crippen LogP contribution in [0.3, 0.4) is 0 Å². The Morgan fingerprint density at radius 2 is 2.19 bits per heavy atom. The van der Waals surface area contributed by atoms with Gasteiger partial charge in [0.2, 0.25) is 0 Å². The summed E-state index contributed by atoms with van der Waals surface area (Å²) in [6, 6.07) is 7.87. The summed E-state index contributed by atoms with van der Waals surface area (Å²) in [4.78, 5) is 4.45. The van der Waals surface area contributed by atoms with E-state index in [0.29, 0.717) is 0 Å². The molecule has 0 aliphatic carbocycles. The summed E-state index contributed by atoms with van der Waals surface area (Å²) in [6.07, 6.45) is 0.889. The van der Waals surface area contributed by atoms with Crippen LogP contribution < -0.4 is 16.0 Å². The molecule has 1 aromatic carbocycles. The number of rotatable bonds is 3. The van der Waals surface area contributed by atoms with Crippen molar-refractivity contribution < 1.29 is 4.74 Å². The van der Waals surface area contributed by atoms with Crippen molar-refractivity contribution in [3.05, 3.63) is 29.8 Å². The number of aromatic nitrogens is 1. The molecule has 0 saturated carbocycles. The standard InChI is InChI=1S/C12H15N3O/c1-3-8-6-9-7-10(16-2)4-5-11(9)14-12(8)15-13/h4-7H,3,13H2,1-2H3,(H,14,15). The van der Waals surface area contributed by atoms with Crippen LogP contribution in [0.2, 0.25) is 0 Å². The third kappa shape index (κ3) is 1.79. The van der Waals surface area contributed by atoms with E-state index in [-0.39, 0.29) is 0 Å². The van der Waals surface area contributed by atoms with E-state index in [1.54, 1.807) is 7.11 Å². The van der Waals surface area contributed by atoms with Crippen LogP contribution in [0, 0.1) is 0 Å². The Morgan fingerprint density at radius 3 is 2.81 bits per heavy atom. The zero-order valence-electron chi connectivity index (χ0n) is 9.45. The van der Waals surface area contributed by atoms with E-state index in [9.17, 15) is 0 Å². The average molecular weight is 217 g/mol. The number of methoxy groups -OCH3 is 1. The average Bonchev–Trinajstić information content (AvgIpc) is 2.36. The molecule has 0 aliphatic heterocycles. The van der Waals surface area contributed by atoms with Crippen molar-refractivity contribution in [2.24, 2.45) is 5.84 Å². The zero-order chi connectivity index (χ0) is 11.5. The summed E-state index contributed by atoms with van der Waals surface area (Å²) < 4.78 is 5.18. The molecule has 16 heavy (non-hydrogen) atoms. The van der Waals surface area contributed by atoms with E-state index < -0.39 is 0 Å². The number of nitrogens with one attached hydrogen (secondary N) is 1. The van der Waals surface area contributed by atoms with Gasteiger partial charge in [-0.1, -0.05) is 6.92 Å². The van der Waals surface area contributed by atoms with Crippen molar-refractivity contribution >= 4 is 16.7 Å². The highest BCUT2D eigenvalue weighted by Crippen LogP contribution is 2.24. The molecule has 2 rings (SSSR count). The summed E-state index contributed by atoms with van der Waals surface area (Å²) in [5, 5.41) is 1.07. The monoisotopic (exact) mass is 217 g/mol. The summed E-state index contributed by atoms with van der Waals surface area (Å²) in [5.41, 5.74) is 4.63. The molecule has 0 radical (unpaired) electrons. The van der Waals surface area contributed by atoms with E-state index in [4.69, 9.17) is 10.6 Å². The van der Waals surface area contributed by atoms with Gasteiger partial charge in [-0.05, 0) is 36.2 Å². The van der Waals surface area contributed by atoms with Gasteiger partial charge >= 0.3 is 0 Å². The Labute approximate surface area is 94.4 Å². The zero-order valence-corrected chi connectivity index (χ0v) is 9.45. The number of aryl methyl sites for hydroxylation is 1. The summed E-state index contributed by atoms with van der Waals surface area (Å²) in [5.74, 6) is 7.01. The summed E-state index contributed by atoms with van der Waals surface area (Å²) in [7, 11) is 1.66. The summed E-state index contributed by atoms with van der Waals surface area (Å²) >= 11 is 0. The van der Waals surface area contributed by atoms with Crippen LogP contribution in [0.4, 0.5) is 5.82 Å². The number of anilines is 1. The van der Waals surface area contributed by atoms with Crippen LogP contribution in [0.5, 0.6) is 5.75 Å². The topological polar surface area (TPSA) is 60.2 Å². The molecule has 4 nitrogen and oxygen atoms in total. The highest BCUT2D eigenvalue weighted by molar-refractivity contribution is 5.83. The lowest BCUT2D eigenvalue weighted by Gasteiger charge is -2.09. The molecule has 0 aliphatic rings. The molecule has 1 heterocycles. The maximum absolute atomic E-state index is 5.44. The SMILES string of the molecule is CCc1cc2cc(OC)ccc2nc1NN. The molecule has 0 bridgehead atoms. The van der Waals surface area contributed by atoms with Gasteiger partial charge in [0, 0.05) is 5.39 Å². The first kappa shape index (κ1) is 10.7. The van der Waals surface area contributed by atoms with Gasteiger partial charge in [-0.3, -0.25) is 0 Å². The number of fused-ring (bicyclic) bond motifs is 1. The molecule has 1 aromatic heterocycles. The van der Waals surface area contributed by atoms with E-state index >= 15 is 0 Å². The van der Waals surface area contributed by atoms with Gasteiger partial charge < -0.3 is 10.2 Å². The molecule has 0 unspecified atom stereocenters. The Balaban J connectivity index is 2.63. The van der Waals surface area contributed by atoms with Crippen molar-refractivity contribution in [2.75, 3.05) is 12.5 Å². The van der Waals surface area contributed by atoms with Crippen molar-refractivity contribution in [1.82, 2.24) is 4.98 Å². The lowest BCUT2D eigenvalue weighted by Crippen LogP contribution is -2.11. The van der Waals surface area contributed by atoms with Crippen LogP contribution in [0.1, 0.15) is 12.5 Å². The molecule has 0 spiro atoms. The molecule has 0 atom stereocenters. The number of nitrogens with zero attached hydrogens (tertiary/aromatic N) is 1. The molecule has 0 amide bonds. The van der Waals surface area contributed by atoms with Crippen LogP contribution in [-0.4, -0.2) is 12.1 Å². The minimum absolute atomic E-state index is 0.736. The van der Waals surface area contributed by atoms with Crippen LogP contribution in [0.25, 0.3) is 10.9 Å². The number of hydrogen-bond donors (Lipinski definition) is 2. The predicted octanol–water partition coefficient (Wildman–Crippen LogP) is 2.09. The van der Waals surface area contributed by atoms with E-state index in [0.717, 1.165) is 34.5 Å². The number of pyridine rings is 1. The Morgan fingerprint density at radius 1 is 1.38 bits per heavy atom. The Hall–Kier alpha value is -1.81. The van der Waals surface area contributed by atoms with Gasteiger partial charge in [-0.2, -0.15) is 0 Å². The van der Waals surface area contributed by atoms with Gasteiger partial charge in [-0.15, -0.1) is 0 Å². The number of ether oxygens (including phenoxy) is 1. The number of benzene rings is 1. The van der Waals surface area contributed by atoms with Crippen LogP contribution >= 0.6 is 0 Å². The predicted molar refractivity (Wildman–Crippen MR) is 65.5 cm³/mol. The fraction of sp³-hybridized carbons (Fsp3) is 0.250. The van der Waals surface area contributed by atoms with Crippen LogP contribution in [-0.2, 0) is 6.42 Å². The summed E-state index contributed by atoms with van der Waals surface area (Å²) in [6.45, 7) is 2.07. The van der Waals surface area contributed by atoms with Crippen molar-refractivity contribution in [1.29, 1.82) is 0 Å². The van der Waals surface area contributed by atoms with E-state index in [2.05, 4.69) is 23.4 Å². The second kappa shape index (κ2) is 4.37. The molecule has 84 valence electrons. The van der Waals surface area contributed by atoms with Gasteiger partial charge in [-0.25, -0.2) is 10.8 Å². The van der Waals surface area contributed by atoms with Crippen molar-refractivity contribution in [3.63, 3.8) is 0 Å². The lowest BCUT2D eigenvalue weighted by atomic mass is 10.1. The second-order valence-corrected chi connectivity index (χ2v) is 3.55. The maximum Gasteiger partial charge on any atom is 0.143 e. The maximum atomic E-state index is 5.44. The quantitative estimate of drug-likeness (QED) is 0.610. The first-order chi connectivity index (χ1) is 7.78. The molecule has 4 heteroatoms. The van der Waals surface area contributed by atoms with Crippen molar-refractivity contribution in [2.45, 2.75) is 13.3 Å². The molecular weight excluding hydrogens is 202 g/mol. The number of nitrogens with two attached hydrogens (primary N) is 1. The number of hydrogen-bond acceptors (Lipinski definition) is 4. The molecule has 2 aromatic rings. The lowest BCUT2D eigenvalue weighted by molar-refractivity contribution is 0.415. The number of nitrogen functional groups attached to an aromatic ring is 1. The molecule has 3 N–H and O–H groups in total. The normalized spacial score (nSPS) is 10.4. The Kier molecular flexibility index (Phi) is 2.92. The van der Waals surface area contributed by atoms with E-state index in [1.807, 2.05) is 18.2 Å². The van der Waals surface area contributed by atoms with Gasteiger partial charge in [0.15, 0.2) is 0 Å². The fourth-order valence-electron chi connectivity index (χ4n) is 1.72.